The smallest absolute Gasteiger partial charge is 0.169 e. The van der Waals surface area contributed by atoms with Crippen LogP contribution in [0, 0.1) is 11.6 Å². The molecule has 0 radical (unpaired) electrons. The van der Waals surface area contributed by atoms with Crippen LogP contribution in [0.15, 0.2) is 64.8 Å². The zero-order chi connectivity index (χ0) is 19.1. The molecule has 0 saturated heterocycles. The average Bonchev–Trinajstić information content (AvgIpc) is 3.43. The largest absolute Gasteiger partial charge is 0.359 e. The zero-order valence-electron chi connectivity index (χ0n) is 14.3. The second kappa shape index (κ2) is 6.65. The summed E-state index contributed by atoms with van der Waals surface area (Å²) >= 11 is 1.60. The van der Waals surface area contributed by atoms with Crippen LogP contribution in [0.1, 0.15) is 5.76 Å². The van der Waals surface area contributed by atoms with E-state index in [1.807, 2.05) is 34.3 Å². The van der Waals surface area contributed by atoms with E-state index in [0.29, 0.717) is 23.7 Å². The second-order valence-corrected chi connectivity index (χ2v) is 7.14. The molecule has 1 aromatic carbocycles. The van der Waals surface area contributed by atoms with Crippen LogP contribution >= 0.6 is 11.3 Å². The van der Waals surface area contributed by atoms with Crippen LogP contribution in [0.2, 0.25) is 0 Å². The van der Waals surface area contributed by atoms with Gasteiger partial charge in [-0.15, -0.1) is 11.3 Å². The van der Waals surface area contributed by atoms with Crippen LogP contribution in [0.4, 0.5) is 8.78 Å². The molecule has 2 aliphatic rings. The topological polar surface area (TPSA) is 56.7 Å². The van der Waals surface area contributed by atoms with Gasteiger partial charge in [0.2, 0.25) is 0 Å². The molecule has 8 heteroatoms. The first-order chi connectivity index (χ1) is 13.7. The Labute approximate surface area is 162 Å². The standard InChI is InChI=1S/C20H12F2N4OS/c21-14-4-1-3-13(19(14)22)20-23-15-6-7-26(11-17(15)24-20)10-12-9-16(25-27-12)18-5-2-8-28-18/h1-9,11H,10H2. The van der Waals surface area contributed by atoms with E-state index in [-0.39, 0.29) is 11.4 Å². The molecule has 0 N–H and O–H groups in total. The second-order valence-electron chi connectivity index (χ2n) is 6.19. The first-order valence-electron chi connectivity index (χ1n) is 8.45. The van der Waals surface area contributed by atoms with Gasteiger partial charge in [0.15, 0.2) is 23.2 Å². The first-order valence-corrected chi connectivity index (χ1v) is 9.33. The van der Waals surface area contributed by atoms with Crippen molar-refractivity contribution < 1.29 is 13.3 Å². The molecular formula is C20H12F2N4OS. The quantitative estimate of drug-likeness (QED) is 0.426. The van der Waals surface area contributed by atoms with E-state index in [1.54, 1.807) is 23.6 Å². The number of nitrogens with zero attached hydrogens (tertiary/aromatic N) is 4. The van der Waals surface area contributed by atoms with Crippen LogP contribution in [-0.2, 0) is 6.54 Å². The lowest BCUT2D eigenvalue weighted by atomic mass is 10.2. The van der Waals surface area contributed by atoms with Gasteiger partial charge in [0.05, 0.1) is 22.7 Å². The third-order valence-electron chi connectivity index (χ3n) is 4.29. The van der Waals surface area contributed by atoms with Crippen LogP contribution in [0.25, 0.3) is 33.3 Å². The molecule has 28 heavy (non-hydrogen) atoms. The summed E-state index contributed by atoms with van der Waals surface area (Å²) in [5.41, 5.74) is 2.02. The number of halogens is 2. The molecule has 3 aromatic rings. The lowest BCUT2D eigenvalue weighted by molar-refractivity contribution is 0.378. The molecule has 0 unspecified atom stereocenters. The molecule has 4 heterocycles. The number of hydrogen-bond donors (Lipinski definition) is 0. The lowest BCUT2D eigenvalue weighted by Crippen LogP contribution is -1.99. The Morgan fingerprint density at radius 2 is 1.89 bits per heavy atom. The minimum Gasteiger partial charge on any atom is -0.359 e. The highest BCUT2D eigenvalue weighted by molar-refractivity contribution is 7.13. The van der Waals surface area contributed by atoms with Gasteiger partial charge in [-0.05, 0) is 29.6 Å². The highest BCUT2D eigenvalue weighted by Gasteiger charge is 2.18. The molecule has 0 spiro atoms. The summed E-state index contributed by atoms with van der Waals surface area (Å²) in [5, 5.41) is 6.08. The Morgan fingerprint density at radius 3 is 2.75 bits per heavy atom. The number of thiophene rings is 1. The number of rotatable bonds is 4. The van der Waals surface area contributed by atoms with E-state index < -0.39 is 11.6 Å². The highest BCUT2D eigenvalue weighted by Crippen LogP contribution is 2.28. The maximum absolute atomic E-state index is 14.0. The Hall–Kier alpha value is -3.39. The molecule has 0 fully saturated rings. The average molecular weight is 394 g/mol. The van der Waals surface area contributed by atoms with Gasteiger partial charge in [0.1, 0.15) is 11.4 Å². The van der Waals surface area contributed by atoms with E-state index in [1.165, 1.54) is 12.1 Å². The van der Waals surface area contributed by atoms with Crippen molar-refractivity contribution in [3.8, 4) is 33.3 Å². The fraction of sp³-hybridized carbons (Fsp3) is 0.0500. The Bertz CT molecular complexity index is 1230. The molecule has 5 nitrogen and oxygen atoms in total. The number of pyridine rings is 1. The predicted molar refractivity (Wildman–Crippen MR) is 101 cm³/mol. The summed E-state index contributed by atoms with van der Waals surface area (Å²) in [6.45, 7) is 0.463. The number of fused-ring (bicyclic) bond motifs is 1. The van der Waals surface area contributed by atoms with Gasteiger partial charge >= 0.3 is 0 Å². The number of aromatic nitrogens is 4. The molecule has 0 atom stereocenters. The van der Waals surface area contributed by atoms with Crippen LogP contribution in [0.5, 0.6) is 0 Å². The molecule has 0 saturated carbocycles. The Morgan fingerprint density at radius 1 is 1.00 bits per heavy atom. The highest BCUT2D eigenvalue weighted by atomic mass is 32.1. The number of hydrogen-bond acceptors (Lipinski definition) is 5. The minimum atomic E-state index is -0.951. The van der Waals surface area contributed by atoms with Crippen molar-refractivity contribution in [1.82, 2.24) is 19.7 Å². The van der Waals surface area contributed by atoms with Gasteiger partial charge in [-0.25, -0.2) is 18.7 Å². The minimum absolute atomic E-state index is 0.0403. The third kappa shape index (κ3) is 2.97. The van der Waals surface area contributed by atoms with Gasteiger partial charge in [-0.3, -0.25) is 0 Å². The summed E-state index contributed by atoms with van der Waals surface area (Å²) in [6, 6.07) is 11.6. The summed E-state index contributed by atoms with van der Waals surface area (Å²) < 4.78 is 34.8. The summed E-state index contributed by atoms with van der Waals surface area (Å²) in [6.07, 6.45) is 3.62. The van der Waals surface area contributed by atoms with Crippen molar-refractivity contribution >= 4 is 11.3 Å². The number of imidazole rings is 1. The predicted octanol–water partition coefficient (Wildman–Crippen LogP) is 5.09. The van der Waals surface area contributed by atoms with Gasteiger partial charge < -0.3 is 9.09 Å². The fourth-order valence-corrected chi connectivity index (χ4v) is 3.63. The summed E-state index contributed by atoms with van der Waals surface area (Å²) in [4.78, 5) is 9.70. The summed E-state index contributed by atoms with van der Waals surface area (Å²) in [5.74, 6) is -1.02. The zero-order valence-corrected chi connectivity index (χ0v) is 15.2. The molecule has 0 aliphatic carbocycles. The van der Waals surface area contributed by atoms with Crippen molar-refractivity contribution in [2.45, 2.75) is 6.54 Å². The molecule has 2 aromatic heterocycles. The molecule has 0 amide bonds. The van der Waals surface area contributed by atoms with Crippen LogP contribution in [-0.4, -0.2) is 19.7 Å². The van der Waals surface area contributed by atoms with E-state index in [0.717, 1.165) is 16.6 Å². The maximum atomic E-state index is 14.0. The van der Waals surface area contributed by atoms with Crippen LogP contribution < -0.4 is 0 Å². The van der Waals surface area contributed by atoms with Gasteiger partial charge in [-0.2, -0.15) is 0 Å². The van der Waals surface area contributed by atoms with E-state index in [9.17, 15) is 8.78 Å². The van der Waals surface area contributed by atoms with Crippen LogP contribution in [0.3, 0.4) is 0 Å². The fourth-order valence-electron chi connectivity index (χ4n) is 2.95. The molecule has 5 rings (SSSR count). The Kier molecular flexibility index (Phi) is 3.98. The van der Waals surface area contributed by atoms with E-state index in [4.69, 9.17) is 4.52 Å². The monoisotopic (exact) mass is 394 g/mol. The molecule has 0 bridgehead atoms. The molecule has 138 valence electrons. The molecular weight excluding hydrogens is 382 g/mol. The first kappa shape index (κ1) is 16.8. The van der Waals surface area contributed by atoms with Crippen molar-refractivity contribution in [3.63, 3.8) is 0 Å². The SMILES string of the molecule is Fc1cccc(-c2nc3ccn(Cc4cc(-c5cccs5)no4)cc-3n2)c1F. The van der Waals surface area contributed by atoms with Gasteiger partial charge in [-0.1, -0.05) is 17.3 Å². The van der Waals surface area contributed by atoms with E-state index >= 15 is 0 Å². The van der Waals surface area contributed by atoms with Crippen molar-refractivity contribution in [2.75, 3.05) is 0 Å². The Balaban J connectivity index is 1.44. The lowest BCUT2D eigenvalue weighted by Gasteiger charge is -2.04. The van der Waals surface area contributed by atoms with Gasteiger partial charge in [0, 0.05) is 18.5 Å². The van der Waals surface area contributed by atoms with E-state index in [2.05, 4.69) is 15.1 Å². The number of benzene rings is 1. The summed E-state index contributed by atoms with van der Waals surface area (Å²) in [7, 11) is 0. The normalized spacial score (nSPS) is 11.4. The maximum Gasteiger partial charge on any atom is 0.169 e. The van der Waals surface area contributed by atoms with Gasteiger partial charge in [0.25, 0.3) is 0 Å². The van der Waals surface area contributed by atoms with Crippen molar-refractivity contribution in [2.24, 2.45) is 0 Å². The molecule has 2 aliphatic heterocycles. The van der Waals surface area contributed by atoms with Crippen molar-refractivity contribution in [3.05, 3.63) is 77.6 Å². The van der Waals surface area contributed by atoms with Crippen molar-refractivity contribution in [1.29, 1.82) is 0 Å². The third-order valence-corrected chi connectivity index (χ3v) is 5.18.